The van der Waals surface area contributed by atoms with Crippen LogP contribution in [-0.2, 0) is 6.54 Å². The van der Waals surface area contributed by atoms with E-state index in [0.29, 0.717) is 25.3 Å². The Labute approximate surface area is 105 Å². The van der Waals surface area contributed by atoms with Crippen LogP contribution in [-0.4, -0.2) is 24.2 Å². The zero-order chi connectivity index (χ0) is 13.2. The number of halogens is 3. The molecule has 0 unspecified atom stereocenters. The van der Waals surface area contributed by atoms with Gasteiger partial charge < -0.3 is 5.73 Å². The SMILES string of the molecule is Nc1cccc(CN2CCC(C(F)(F)F)CC2)c1. The van der Waals surface area contributed by atoms with Crippen molar-refractivity contribution in [3.05, 3.63) is 29.8 Å². The lowest BCUT2D eigenvalue weighted by Gasteiger charge is -2.32. The summed E-state index contributed by atoms with van der Waals surface area (Å²) in [5.41, 5.74) is 7.42. The van der Waals surface area contributed by atoms with Crippen LogP contribution in [0.4, 0.5) is 18.9 Å². The maximum absolute atomic E-state index is 12.5. The summed E-state index contributed by atoms with van der Waals surface area (Å²) in [4.78, 5) is 2.05. The number of piperidine rings is 1. The molecule has 0 spiro atoms. The number of hydrogen-bond acceptors (Lipinski definition) is 2. The van der Waals surface area contributed by atoms with Crippen LogP contribution in [0.5, 0.6) is 0 Å². The van der Waals surface area contributed by atoms with Gasteiger partial charge in [-0.3, -0.25) is 4.90 Å². The highest BCUT2D eigenvalue weighted by Crippen LogP contribution is 2.34. The third kappa shape index (κ3) is 3.38. The van der Waals surface area contributed by atoms with Gasteiger partial charge in [0, 0.05) is 12.2 Å². The van der Waals surface area contributed by atoms with E-state index in [1.807, 2.05) is 18.2 Å². The summed E-state index contributed by atoms with van der Waals surface area (Å²) in [6, 6.07) is 7.49. The number of likely N-dealkylation sites (tertiary alicyclic amines) is 1. The van der Waals surface area contributed by atoms with E-state index in [0.717, 1.165) is 5.56 Å². The molecule has 2 nitrogen and oxygen atoms in total. The van der Waals surface area contributed by atoms with Crippen molar-refractivity contribution < 1.29 is 13.2 Å². The summed E-state index contributed by atoms with van der Waals surface area (Å²) >= 11 is 0. The smallest absolute Gasteiger partial charge is 0.391 e. The largest absolute Gasteiger partial charge is 0.399 e. The fraction of sp³-hybridized carbons (Fsp3) is 0.538. The molecule has 18 heavy (non-hydrogen) atoms. The molecule has 0 aliphatic carbocycles. The second kappa shape index (κ2) is 5.18. The van der Waals surface area contributed by atoms with E-state index >= 15 is 0 Å². The Bertz CT molecular complexity index is 395. The molecule has 5 heteroatoms. The van der Waals surface area contributed by atoms with Gasteiger partial charge in [-0.2, -0.15) is 13.2 Å². The average molecular weight is 258 g/mol. The molecule has 0 bridgehead atoms. The number of nitrogens with two attached hydrogens (primary N) is 1. The van der Waals surface area contributed by atoms with E-state index in [1.54, 1.807) is 6.07 Å². The van der Waals surface area contributed by atoms with E-state index in [1.165, 1.54) is 0 Å². The van der Waals surface area contributed by atoms with Crippen LogP contribution in [0.1, 0.15) is 18.4 Å². The van der Waals surface area contributed by atoms with Gasteiger partial charge >= 0.3 is 6.18 Å². The monoisotopic (exact) mass is 258 g/mol. The third-order valence-corrected chi connectivity index (χ3v) is 3.41. The lowest BCUT2D eigenvalue weighted by molar-refractivity contribution is -0.185. The minimum absolute atomic E-state index is 0.200. The summed E-state index contributed by atoms with van der Waals surface area (Å²) in [6.07, 6.45) is -3.64. The van der Waals surface area contributed by atoms with Gasteiger partial charge in [0.15, 0.2) is 0 Å². The lowest BCUT2D eigenvalue weighted by atomic mass is 9.96. The Hall–Kier alpha value is -1.23. The molecule has 100 valence electrons. The first-order valence-corrected chi connectivity index (χ1v) is 6.08. The number of anilines is 1. The van der Waals surface area contributed by atoms with Crippen molar-refractivity contribution in [3.63, 3.8) is 0 Å². The molecule has 2 N–H and O–H groups in total. The standard InChI is InChI=1S/C13H17F3N2/c14-13(15,16)11-4-6-18(7-5-11)9-10-2-1-3-12(17)8-10/h1-3,8,11H,4-7,9,17H2. The maximum atomic E-state index is 12.5. The number of nitrogens with zero attached hydrogens (tertiary/aromatic N) is 1. The second-order valence-electron chi connectivity index (χ2n) is 4.84. The van der Waals surface area contributed by atoms with Crippen molar-refractivity contribution in [2.24, 2.45) is 5.92 Å². The summed E-state index contributed by atoms with van der Waals surface area (Å²) < 4.78 is 37.5. The quantitative estimate of drug-likeness (QED) is 0.826. The van der Waals surface area contributed by atoms with Gasteiger partial charge in [-0.15, -0.1) is 0 Å². The van der Waals surface area contributed by atoms with E-state index in [4.69, 9.17) is 5.73 Å². The molecule has 2 rings (SSSR count). The first-order valence-electron chi connectivity index (χ1n) is 6.08. The molecule has 1 aromatic carbocycles. The highest BCUT2D eigenvalue weighted by Gasteiger charge is 2.40. The molecule has 0 amide bonds. The fourth-order valence-corrected chi connectivity index (χ4v) is 2.37. The Morgan fingerprint density at radius 1 is 1.22 bits per heavy atom. The molecule has 0 radical (unpaired) electrons. The van der Waals surface area contributed by atoms with Gasteiger partial charge in [-0.1, -0.05) is 12.1 Å². The molecule has 0 atom stereocenters. The normalized spacial score (nSPS) is 19.1. The highest BCUT2D eigenvalue weighted by molar-refractivity contribution is 5.40. The van der Waals surface area contributed by atoms with E-state index in [2.05, 4.69) is 4.90 Å². The lowest BCUT2D eigenvalue weighted by Crippen LogP contribution is -2.38. The van der Waals surface area contributed by atoms with Crippen LogP contribution in [0.25, 0.3) is 0 Å². The first-order chi connectivity index (χ1) is 8.45. The summed E-state index contributed by atoms with van der Waals surface area (Å²) in [5, 5.41) is 0. The number of alkyl halides is 3. The number of benzene rings is 1. The van der Waals surface area contributed by atoms with Gasteiger partial charge in [-0.05, 0) is 43.6 Å². The van der Waals surface area contributed by atoms with Crippen LogP contribution in [0.2, 0.25) is 0 Å². The van der Waals surface area contributed by atoms with E-state index in [-0.39, 0.29) is 12.8 Å². The first kappa shape index (κ1) is 13.2. The minimum atomic E-state index is -4.04. The van der Waals surface area contributed by atoms with Crippen molar-refractivity contribution in [2.75, 3.05) is 18.8 Å². The van der Waals surface area contributed by atoms with Crippen molar-refractivity contribution in [3.8, 4) is 0 Å². The maximum Gasteiger partial charge on any atom is 0.391 e. The Morgan fingerprint density at radius 3 is 2.44 bits per heavy atom. The summed E-state index contributed by atoms with van der Waals surface area (Å²) in [6.45, 7) is 1.67. The second-order valence-corrected chi connectivity index (χ2v) is 4.84. The fourth-order valence-electron chi connectivity index (χ4n) is 2.37. The molecular formula is C13H17F3N2. The minimum Gasteiger partial charge on any atom is -0.399 e. The number of rotatable bonds is 2. The van der Waals surface area contributed by atoms with Crippen molar-refractivity contribution in [2.45, 2.75) is 25.6 Å². The highest BCUT2D eigenvalue weighted by atomic mass is 19.4. The molecule has 1 aromatic rings. The van der Waals surface area contributed by atoms with Gasteiger partial charge in [0.05, 0.1) is 5.92 Å². The van der Waals surface area contributed by atoms with E-state index in [9.17, 15) is 13.2 Å². The predicted octanol–water partition coefficient (Wildman–Crippen LogP) is 3.04. The van der Waals surface area contributed by atoms with Crippen LogP contribution in [0.3, 0.4) is 0 Å². The Balaban J connectivity index is 1.87. The summed E-state index contributed by atoms with van der Waals surface area (Å²) in [5.74, 6) is -1.13. The van der Waals surface area contributed by atoms with Gasteiger partial charge in [-0.25, -0.2) is 0 Å². The number of nitrogen functional groups attached to an aromatic ring is 1. The van der Waals surface area contributed by atoms with Crippen molar-refractivity contribution in [1.29, 1.82) is 0 Å². The Kier molecular flexibility index (Phi) is 3.80. The van der Waals surface area contributed by atoms with Gasteiger partial charge in [0.1, 0.15) is 0 Å². The van der Waals surface area contributed by atoms with Gasteiger partial charge in [0.2, 0.25) is 0 Å². The molecule has 0 aromatic heterocycles. The van der Waals surface area contributed by atoms with Crippen molar-refractivity contribution >= 4 is 5.69 Å². The zero-order valence-corrected chi connectivity index (χ0v) is 10.1. The molecule has 1 aliphatic rings. The third-order valence-electron chi connectivity index (χ3n) is 3.41. The molecule has 1 aliphatic heterocycles. The van der Waals surface area contributed by atoms with Gasteiger partial charge in [0.25, 0.3) is 0 Å². The zero-order valence-electron chi connectivity index (χ0n) is 10.1. The number of hydrogen-bond donors (Lipinski definition) is 1. The molecular weight excluding hydrogens is 241 g/mol. The topological polar surface area (TPSA) is 29.3 Å². The Morgan fingerprint density at radius 2 is 1.89 bits per heavy atom. The van der Waals surface area contributed by atoms with Crippen LogP contribution < -0.4 is 5.73 Å². The van der Waals surface area contributed by atoms with Crippen LogP contribution in [0, 0.1) is 5.92 Å². The molecule has 1 fully saturated rings. The van der Waals surface area contributed by atoms with Crippen LogP contribution >= 0.6 is 0 Å². The molecule has 1 heterocycles. The summed E-state index contributed by atoms with van der Waals surface area (Å²) in [7, 11) is 0. The van der Waals surface area contributed by atoms with Crippen LogP contribution in [0.15, 0.2) is 24.3 Å². The molecule has 1 saturated heterocycles. The molecule has 0 saturated carbocycles. The van der Waals surface area contributed by atoms with Crippen molar-refractivity contribution in [1.82, 2.24) is 4.90 Å². The predicted molar refractivity (Wildman–Crippen MR) is 64.9 cm³/mol. The average Bonchev–Trinajstić information content (AvgIpc) is 2.28. The van der Waals surface area contributed by atoms with E-state index < -0.39 is 12.1 Å².